The number of nitrogens with one attached hydrogen (secondary N) is 1. The molecule has 5 rings (SSSR count). The van der Waals surface area contributed by atoms with Crippen molar-refractivity contribution in [1.29, 1.82) is 0 Å². The van der Waals surface area contributed by atoms with Crippen LogP contribution in [-0.2, 0) is 19.3 Å². The van der Waals surface area contributed by atoms with Crippen LogP contribution in [0.25, 0.3) is 0 Å². The van der Waals surface area contributed by atoms with E-state index in [-0.39, 0.29) is 11.4 Å². The van der Waals surface area contributed by atoms with Crippen molar-refractivity contribution in [3.63, 3.8) is 0 Å². The van der Waals surface area contributed by atoms with Crippen LogP contribution in [0.3, 0.4) is 0 Å². The summed E-state index contributed by atoms with van der Waals surface area (Å²) in [6, 6.07) is 26.4. The van der Waals surface area contributed by atoms with Crippen LogP contribution in [0.1, 0.15) is 43.7 Å². The first-order chi connectivity index (χ1) is 22.3. The van der Waals surface area contributed by atoms with Gasteiger partial charge < -0.3 is 28.2 Å². The van der Waals surface area contributed by atoms with Crippen LogP contribution in [-0.4, -0.2) is 71.1 Å². The molecule has 10 nitrogen and oxygen atoms in total. The first kappa shape index (κ1) is 34.5. The predicted molar refractivity (Wildman–Crippen MR) is 184 cm³/mol. The summed E-state index contributed by atoms with van der Waals surface area (Å²) in [4.78, 5) is 27.2. The van der Waals surface area contributed by atoms with Crippen LogP contribution in [0, 0.1) is 0 Å². The lowest BCUT2D eigenvalue weighted by Crippen LogP contribution is -2.42. The van der Waals surface area contributed by atoms with Crippen molar-refractivity contribution in [3.8, 4) is 11.5 Å². The van der Waals surface area contributed by atoms with Gasteiger partial charge in [0.15, 0.2) is 6.23 Å². The van der Waals surface area contributed by atoms with E-state index in [1.807, 2.05) is 91.4 Å². The quantitative estimate of drug-likeness (QED) is 0.216. The number of nitrogens with zero attached hydrogens (tertiary/aromatic N) is 1. The van der Waals surface area contributed by atoms with Crippen molar-refractivity contribution in [2.24, 2.45) is 0 Å². The predicted octanol–water partition coefficient (Wildman–Crippen LogP) is 4.98. The molecule has 0 amide bonds. The van der Waals surface area contributed by atoms with Gasteiger partial charge >= 0.3 is 5.69 Å². The Balaban J connectivity index is 1.59. The normalized spacial score (nSPS) is 20.6. The third-order valence-corrected chi connectivity index (χ3v) is 12.6. The zero-order valence-electron chi connectivity index (χ0n) is 27.8. The Morgan fingerprint density at radius 2 is 1.36 bits per heavy atom. The second kappa shape index (κ2) is 13.7. The molecule has 0 aliphatic carbocycles. The molecule has 1 aromatic heterocycles. The lowest BCUT2D eigenvalue weighted by atomic mass is 9.80. The topological polar surface area (TPSA) is 121 Å². The maximum Gasteiger partial charge on any atom is 0.330 e. The molecule has 1 aliphatic rings. The van der Waals surface area contributed by atoms with Crippen LogP contribution < -0.4 is 20.7 Å². The highest BCUT2D eigenvalue weighted by atomic mass is 32.3. The zero-order chi connectivity index (χ0) is 34.0. The van der Waals surface area contributed by atoms with Crippen molar-refractivity contribution in [3.05, 3.63) is 129 Å². The lowest BCUT2D eigenvalue weighted by molar-refractivity contribution is -0.0954. The van der Waals surface area contributed by atoms with Crippen LogP contribution in [0.4, 0.5) is 0 Å². The first-order valence-corrected chi connectivity index (χ1v) is 17.7. The summed E-state index contributed by atoms with van der Waals surface area (Å²) < 4.78 is 32.0. The highest BCUT2D eigenvalue weighted by molar-refractivity contribution is 8.29. The average molecular weight is 665 g/mol. The molecule has 47 heavy (non-hydrogen) atoms. The van der Waals surface area contributed by atoms with Gasteiger partial charge in [-0.2, -0.15) is 0 Å². The molecule has 1 fully saturated rings. The summed E-state index contributed by atoms with van der Waals surface area (Å²) in [6.45, 7) is 6.15. The van der Waals surface area contributed by atoms with Gasteiger partial charge in [-0.1, -0.05) is 75.4 Å². The molecule has 11 heteroatoms. The second-order valence-electron chi connectivity index (χ2n) is 12.8. The van der Waals surface area contributed by atoms with E-state index in [2.05, 4.69) is 25.8 Å². The number of benzene rings is 3. The van der Waals surface area contributed by atoms with E-state index in [4.69, 9.17) is 23.1 Å². The summed E-state index contributed by atoms with van der Waals surface area (Å²) >= 11 is 0. The van der Waals surface area contributed by atoms with Gasteiger partial charge in [-0.05, 0) is 53.5 Å². The molecule has 0 spiro atoms. The van der Waals surface area contributed by atoms with Crippen molar-refractivity contribution < 1.29 is 28.2 Å². The van der Waals surface area contributed by atoms with Gasteiger partial charge in [0.1, 0.15) is 35.4 Å². The fourth-order valence-corrected chi connectivity index (χ4v) is 6.57. The number of H-pyrrole nitrogens is 1. The standard InChI is InChI=1S/C36H44N2O8S/c1-35(2,3)47(6,7)46-32-31(40)29(45-33(32)38-22-21-30(39)37-34(38)41)23-44-36(24-11-9-8-10-12-24,25-13-17-27(42-4)18-14-25)26-15-19-28(43-5)20-16-26/h8-22,29,31-33,40H,23H2,1-7H3,(H,37,39,41). The molecule has 2 N–H and O–H groups in total. The van der Waals surface area contributed by atoms with Crippen molar-refractivity contribution >= 4 is 10.3 Å². The molecule has 4 aromatic rings. The van der Waals surface area contributed by atoms with Crippen molar-refractivity contribution in [1.82, 2.24) is 9.55 Å². The third-order valence-electron chi connectivity index (χ3n) is 8.90. The van der Waals surface area contributed by atoms with Gasteiger partial charge in [-0.15, -0.1) is 10.3 Å². The van der Waals surface area contributed by atoms with Gasteiger partial charge in [0.05, 0.1) is 20.8 Å². The molecule has 0 radical (unpaired) electrons. The Morgan fingerprint density at radius 1 is 0.830 bits per heavy atom. The highest BCUT2D eigenvalue weighted by Crippen LogP contribution is 2.57. The van der Waals surface area contributed by atoms with Gasteiger partial charge in [-0.3, -0.25) is 14.3 Å². The molecular weight excluding hydrogens is 620 g/mol. The number of methoxy groups -OCH3 is 2. The number of aliphatic hydroxyl groups excluding tert-OH is 1. The van der Waals surface area contributed by atoms with E-state index >= 15 is 0 Å². The van der Waals surface area contributed by atoms with Crippen LogP contribution in [0.15, 0.2) is 101 Å². The molecule has 0 bridgehead atoms. The maximum absolute atomic E-state index is 13.0. The van der Waals surface area contributed by atoms with Crippen LogP contribution >= 0.6 is 10.3 Å². The molecule has 0 saturated carbocycles. The van der Waals surface area contributed by atoms with Gasteiger partial charge in [-0.25, -0.2) is 4.79 Å². The number of hydrogen-bond acceptors (Lipinski definition) is 8. The van der Waals surface area contributed by atoms with E-state index in [1.165, 1.54) is 16.8 Å². The minimum Gasteiger partial charge on any atom is -0.497 e. The Hall–Kier alpha value is -3.87. The Morgan fingerprint density at radius 3 is 1.85 bits per heavy atom. The Kier molecular flexibility index (Phi) is 10.0. The molecule has 4 unspecified atom stereocenters. The second-order valence-corrected chi connectivity index (χ2v) is 16.7. The summed E-state index contributed by atoms with van der Waals surface area (Å²) in [5.74, 6) is 1.39. The van der Waals surface area contributed by atoms with Gasteiger partial charge in [0, 0.05) is 17.0 Å². The Labute approximate surface area is 276 Å². The molecule has 3 aromatic carbocycles. The van der Waals surface area contributed by atoms with Crippen LogP contribution in [0.2, 0.25) is 0 Å². The summed E-state index contributed by atoms with van der Waals surface area (Å²) in [6.07, 6.45) is 1.37. The van der Waals surface area contributed by atoms with E-state index < -0.39 is 51.7 Å². The molecular formula is C36H44N2O8S. The van der Waals surface area contributed by atoms with E-state index in [0.717, 1.165) is 16.7 Å². The van der Waals surface area contributed by atoms with Crippen molar-refractivity contribution in [2.75, 3.05) is 33.3 Å². The van der Waals surface area contributed by atoms with E-state index in [1.54, 1.807) is 14.2 Å². The minimum atomic E-state index is -1.78. The lowest BCUT2D eigenvalue weighted by Gasteiger charge is -2.46. The van der Waals surface area contributed by atoms with E-state index in [9.17, 15) is 14.7 Å². The summed E-state index contributed by atoms with van der Waals surface area (Å²) in [5, 5.41) is 11.9. The molecule has 2 heterocycles. The number of ether oxygens (including phenoxy) is 4. The minimum absolute atomic E-state index is 0.0755. The van der Waals surface area contributed by atoms with Crippen LogP contribution in [0.5, 0.6) is 11.5 Å². The SMILES string of the molecule is COc1ccc(C(OCC2OC(n3ccc(=O)[nH]c3=O)C(OS(C)(C)C(C)(C)C)C2O)(c2ccccc2)c2ccc(OC)cc2)cc1. The van der Waals surface area contributed by atoms with Gasteiger partial charge in [0.2, 0.25) is 0 Å². The summed E-state index contributed by atoms with van der Waals surface area (Å²) in [7, 11) is 1.45. The largest absolute Gasteiger partial charge is 0.497 e. The third kappa shape index (κ3) is 6.90. The number of rotatable bonds is 11. The maximum atomic E-state index is 13.0. The molecule has 4 atom stereocenters. The smallest absolute Gasteiger partial charge is 0.330 e. The zero-order valence-corrected chi connectivity index (χ0v) is 28.7. The number of aromatic amines is 1. The highest BCUT2D eigenvalue weighted by Gasteiger charge is 2.50. The summed E-state index contributed by atoms with van der Waals surface area (Å²) in [5.41, 5.74) is 0.144. The molecule has 1 aliphatic heterocycles. The number of aromatic nitrogens is 2. The fourth-order valence-electron chi connectivity index (χ4n) is 5.51. The first-order valence-electron chi connectivity index (χ1n) is 15.4. The Bertz CT molecular complexity index is 1700. The van der Waals surface area contributed by atoms with Gasteiger partial charge in [0.25, 0.3) is 5.56 Å². The van der Waals surface area contributed by atoms with Crippen molar-refractivity contribution in [2.45, 2.75) is 55.7 Å². The molecule has 1 saturated heterocycles. The molecule has 252 valence electrons. The monoisotopic (exact) mass is 664 g/mol. The van der Waals surface area contributed by atoms with E-state index in [0.29, 0.717) is 11.5 Å². The number of aliphatic hydroxyl groups is 1. The number of hydrogen-bond donors (Lipinski definition) is 2. The fraction of sp³-hybridized carbons (Fsp3) is 0.389. The average Bonchev–Trinajstić information content (AvgIpc) is 3.35.